The summed E-state index contributed by atoms with van der Waals surface area (Å²) < 4.78 is 0. The highest BCUT2D eigenvalue weighted by Crippen LogP contribution is 2.26. The number of nitrogens with two attached hydrogens (primary N) is 1. The smallest absolute Gasteiger partial charge is 0.0151 e. The van der Waals surface area contributed by atoms with Gasteiger partial charge in [-0.2, -0.15) is 0 Å². The van der Waals surface area contributed by atoms with E-state index in [-0.39, 0.29) is 5.54 Å². The average molecular weight is 298 g/mol. The Bertz CT molecular complexity index is 210. The molecule has 1 heteroatoms. The molecular formula is C20H43N. The molecule has 0 saturated carbocycles. The van der Waals surface area contributed by atoms with Crippen LogP contribution in [0.15, 0.2) is 0 Å². The fraction of sp³-hybridized carbons (Fsp3) is 1.00. The Morgan fingerprint density at radius 3 is 1.67 bits per heavy atom. The molecule has 0 bridgehead atoms. The Balaban J connectivity index is 3.61. The molecule has 0 aliphatic heterocycles. The van der Waals surface area contributed by atoms with Crippen LogP contribution in [0.4, 0.5) is 0 Å². The van der Waals surface area contributed by atoms with Crippen molar-refractivity contribution in [3.63, 3.8) is 0 Å². The molecule has 0 heterocycles. The van der Waals surface area contributed by atoms with Gasteiger partial charge in [-0.05, 0) is 25.7 Å². The summed E-state index contributed by atoms with van der Waals surface area (Å²) in [7, 11) is 0. The van der Waals surface area contributed by atoms with Crippen LogP contribution in [0, 0.1) is 5.92 Å². The topological polar surface area (TPSA) is 26.0 Å². The molecule has 0 aliphatic carbocycles. The minimum absolute atomic E-state index is 0.0498. The van der Waals surface area contributed by atoms with Crippen LogP contribution >= 0.6 is 0 Å². The van der Waals surface area contributed by atoms with Crippen molar-refractivity contribution in [1.29, 1.82) is 0 Å². The summed E-state index contributed by atoms with van der Waals surface area (Å²) in [6.45, 7) is 9.20. The summed E-state index contributed by atoms with van der Waals surface area (Å²) in [5.74, 6) is 0.666. The van der Waals surface area contributed by atoms with Crippen molar-refractivity contribution >= 4 is 0 Å². The van der Waals surface area contributed by atoms with Gasteiger partial charge in [-0.1, -0.05) is 97.8 Å². The summed E-state index contributed by atoms with van der Waals surface area (Å²) in [5.41, 5.74) is 6.61. The molecule has 0 spiro atoms. The summed E-state index contributed by atoms with van der Waals surface area (Å²) >= 11 is 0. The van der Waals surface area contributed by atoms with Gasteiger partial charge in [0, 0.05) is 5.54 Å². The van der Waals surface area contributed by atoms with Crippen LogP contribution in [0.5, 0.6) is 0 Å². The van der Waals surface area contributed by atoms with Crippen molar-refractivity contribution in [2.24, 2.45) is 11.7 Å². The van der Waals surface area contributed by atoms with Crippen LogP contribution < -0.4 is 5.73 Å². The third-order valence-electron chi connectivity index (χ3n) is 5.19. The van der Waals surface area contributed by atoms with Gasteiger partial charge < -0.3 is 5.73 Å². The van der Waals surface area contributed by atoms with E-state index in [0.29, 0.717) is 5.92 Å². The summed E-state index contributed by atoms with van der Waals surface area (Å²) in [4.78, 5) is 0. The number of rotatable bonds is 15. The largest absolute Gasteiger partial charge is 0.325 e. The van der Waals surface area contributed by atoms with Gasteiger partial charge in [-0.25, -0.2) is 0 Å². The Hall–Kier alpha value is -0.0400. The van der Waals surface area contributed by atoms with Crippen molar-refractivity contribution in [2.75, 3.05) is 0 Å². The second kappa shape index (κ2) is 13.6. The van der Waals surface area contributed by atoms with E-state index in [1.807, 2.05) is 0 Å². The molecule has 0 aromatic rings. The second-order valence-electron chi connectivity index (χ2n) is 7.48. The Morgan fingerprint density at radius 2 is 1.14 bits per heavy atom. The van der Waals surface area contributed by atoms with Gasteiger partial charge in [0.2, 0.25) is 0 Å². The van der Waals surface area contributed by atoms with Gasteiger partial charge in [-0.15, -0.1) is 0 Å². The van der Waals surface area contributed by atoms with E-state index in [4.69, 9.17) is 5.73 Å². The molecule has 0 aromatic carbocycles. The lowest BCUT2D eigenvalue weighted by Gasteiger charge is -2.32. The Kier molecular flexibility index (Phi) is 13.6. The minimum Gasteiger partial charge on any atom is -0.325 e. The molecule has 0 radical (unpaired) electrons. The molecule has 0 rings (SSSR count). The first-order valence-corrected chi connectivity index (χ1v) is 9.83. The molecule has 1 nitrogen and oxygen atoms in total. The van der Waals surface area contributed by atoms with E-state index in [0.717, 1.165) is 0 Å². The molecule has 0 saturated heterocycles. The SMILES string of the molecule is CCCCCCCCC(C)C(C)(N)CCCCCCCC. The van der Waals surface area contributed by atoms with Crippen molar-refractivity contribution in [2.45, 2.75) is 123 Å². The first kappa shape index (κ1) is 21.0. The predicted molar refractivity (Wildman–Crippen MR) is 97.7 cm³/mol. The molecule has 2 N–H and O–H groups in total. The van der Waals surface area contributed by atoms with Gasteiger partial charge in [0.05, 0.1) is 0 Å². The van der Waals surface area contributed by atoms with Crippen LogP contribution in [0.1, 0.15) is 118 Å². The van der Waals surface area contributed by atoms with E-state index < -0.39 is 0 Å². The highest BCUT2D eigenvalue weighted by molar-refractivity contribution is 4.84. The van der Waals surface area contributed by atoms with E-state index in [1.54, 1.807) is 0 Å². The lowest BCUT2D eigenvalue weighted by molar-refractivity contribution is 0.265. The van der Waals surface area contributed by atoms with Crippen LogP contribution in [-0.2, 0) is 0 Å². The lowest BCUT2D eigenvalue weighted by Crippen LogP contribution is -2.42. The monoisotopic (exact) mass is 297 g/mol. The van der Waals surface area contributed by atoms with Crippen LogP contribution in [0.3, 0.4) is 0 Å². The highest BCUT2D eigenvalue weighted by Gasteiger charge is 2.25. The lowest BCUT2D eigenvalue weighted by atomic mass is 9.80. The molecule has 0 fully saturated rings. The predicted octanol–water partition coefficient (Wildman–Crippen LogP) is 6.84. The number of hydrogen-bond donors (Lipinski definition) is 1. The maximum Gasteiger partial charge on any atom is 0.0151 e. The van der Waals surface area contributed by atoms with Gasteiger partial charge in [0.15, 0.2) is 0 Å². The average Bonchev–Trinajstić information content (AvgIpc) is 2.46. The molecule has 2 unspecified atom stereocenters. The van der Waals surface area contributed by atoms with E-state index >= 15 is 0 Å². The van der Waals surface area contributed by atoms with Crippen molar-refractivity contribution in [1.82, 2.24) is 0 Å². The van der Waals surface area contributed by atoms with E-state index in [2.05, 4.69) is 27.7 Å². The zero-order valence-electron chi connectivity index (χ0n) is 15.6. The summed E-state index contributed by atoms with van der Waals surface area (Å²) in [5, 5.41) is 0. The molecule has 128 valence electrons. The minimum atomic E-state index is 0.0498. The second-order valence-corrected chi connectivity index (χ2v) is 7.48. The summed E-state index contributed by atoms with van der Waals surface area (Å²) in [6.07, 6.45) is 19.1. The zero-order valence-corrected chi connectivity index (χ0v) is 15.6. The molecule has 21 heavy (non-hydrogen) atoms. The van der Waals surface area contributed by atoms with Crippen LogP contribution in [0.25, 0.3) is 0 Å². The fourth-order valence-electron chi connectivity index (χ4n) is 3.09. The standard InChI is InChI=1S/C20H43N/c1-5-7-9-11-13-15-17-19(3)20(4,21)18-16-14-12-10-8-6-2/h19H,5-18,21H2,1-4H3. The van der Waals surface area contributed by atoms with Crippen molar-refractivity contribution in [3.05, 3.63) is 0 Å². The van der Waals surface area contributed by atoms with Gasteiger partial charge >= 0.3 is 0 Å². The first-order chi connectivity index (χ1) is 10.0. The van der Waals surface area contributed by atoms with E-state index in [9.17, 15) is 0 Å². The third kappa shape index (κ3) is 12.2. The van der Waals surface area contributed by atoms with E-state index in [1.165, 1.54) is 89.9 Å². The highest BCUT2D eigenvalue weighted by atomic mass is 14.7. The quantitative estimate of drug-likeness (QED) is 0.329. The van der Waals surface area contributed by atoms with Gasteiger partial charge in [0.25, 0.3) is 0 Å². The fourth-order valence-corrected chi connectivity index (χ4v) is 3.09. The molecule has 2 atom stereocenters. The zero-order chi connectivity index (χ0) is 16.0. The molecule has 0 aliphatic rings. The number of hydrogen-bond acceptors (Lipinski definition) is 1. The van der Waals surface area contributed by atoms with Crippen molar-refractivity contribution in [3.8, 4) is 0 Å². The Labute approximate surface area is 135 Å². The molecular weight excluding hydrogens is 254 g/mol. The summed E-state index contributed by atoms with van der Waals surface area (Å²) in [6, 6.07) is 0. The third-order valence-corrected chi connectivity index (χ3v) is 5.19. The normalized spacial score (nSPS) is 15.9. The number of unbranched alkanes of at least 4 members (excludes halogenated alkanes) is 10. The Morgan fingerprint density at radius 1 is 0.714 bits per heavy atom. The maximum absolute atomic E-state index is 6.56. The van der Waals surface area contributed by atoms with Crippen LogP contribution in [0.2, 0.25) is 0 Å². The van der Waals surface area contributed by atoms with Crippen molar-refractivity contribution < 1.29 is 0 Å². The van der Waals surface area contributed by atoms with Gasteiger partial charge in [0.1, 0.15) is 0 Å². The maximum atomic E-state index is 6.56. The van der Waals surface area contributed by atoms with Gasteiger partial charge in [-0.3, -0.25) is 0 Å². The van der Waals surface area contributed by atoms with Crippen LogP contribution in [-0.4, -0.2) is 5.54 Å². The first-order valence-electron chi connectivity index (χ1n) is 9.83. The molecule has 0 amide bonds. The molecule has 0 aromatic heterocycles.